The lowest BCUT2D eigenvalue weighted by Gasteiger charge is -2.17. The van der Waals surface area contributed by atoms with Gasteiger partial charge >= 0.3 is 5.97 Å². The molecule has 94 valence electrons. The van der Waals surface area contributed by atoms with E-state index in [1.54, 1.807) is 4.68 Å². The van der Waals surface area contributed by atoms with Crippen LogP contribution < -0.4 is 0 Å². The van der Waals surface area contributed by atoms with Crippen molar-refractivity contribution in [2.75, 3.05) is 14.1 Å². The molecule has 17 heavy (non-hydrogen) atoms. The minimum absolute atomic E-state index is 0.0934. The molecule has 0 radical (unpaired) electrons. The van der Waals surface area contributed by atoms with Crippen LogP contribution in [0.3, 0.4) is 0 Å². The molecule has 1 saturated carbocycles. The molecule has 0 bridgehead atoms. The number of nitrogens with zero attached hydrogens (tertiary/aromatic N) is 5. The SMILES string of the molecule is CN(C)Cc1nnnn1C(CC(=O)O)C1CC1. The van der Waals surface area contributed by atoms with Crippen molar-refractivity contribution in [2.45, 2.75) is 31.8 Å². The number of carbonyl (C=O) groups is 1. The van der Waals surface area contributed by atoms with Gasteiger partial charge in [0.2, 0.25) is 0 Å². The van der Waals surface area contributed by atoms with Crippen LogP contribution in [0.25, 0.3) is 0 Å². The Morgan fingerprint density at radius 2 is 2.29 bits per heavy atom. The van der Waals surface area contributed by atoms with E-state index in [4.69, 9.17) is 5.11 Å². The maximum absolute atomic E-state index is 10.9. The fourth-order valence-electron chi connectivity index (χ4n) is 1.97. The quantitative estimate of drug-likeness (QED) is 0.761. The van der Waals surface area contributed by atoms with E-state index >= 15 is 0 Å². The summed E-state index contributed by atoms with van der Waals surface area (Å²) in [5.74, 6) is 0.344. The molecule has 7 nitrogen and oxygen atoms in total. The molecule has 1 aliphatic carbocycles. The van der Waals surface area contributed by atoms with E-state index in [0.717, 1.165) is 18.7 Å². The molecule has 1 fully saturated rings. The van der Waals surface area contributed by atoms with Crippen molar-refractivity contribution in [3.8, 4) is 0 Å². The number of hydrogen-bond donors (Lipinski definition) is 1. The number of hydrogen-bond acceptors (Lipinski definition) is 5. The van der Waals surface area contributed by atoms with Crippen LogP contribution in [-0.4, -0.2) is 50.3 Å². The Balaban J connectivity index is 2.17. The number of aromatic nitrogens is 4. The van der Waals surface area contributed by atoms with Crippen LogP contribution in [0.2, 0.25) is 0 Å². The van der Waals surface area contributed by atoms with E-state index in [9.17, 15) is 4.79 Å². The highest BCUT2D eigenvalue weighted by molar-refractivity contribution is 5.67. The molecule has 0 spiro atoms. The Morgan fingerprint density at radius 3 is 2.82 bits per heavy atom. The minimum atomic E-state index is -0.798. The van der Waals surface area contributed by atoms with Gasteiger partial charge < -0.3 is 10.0 Å². The van der Waals surface area contributed by atoms with Gasteiger partial charge in [-0.3, -0.25) is 4.79 Å². The lowest BCUT2D eigenvalue weighted by Crippen LogP contribution is -2.22. The minimum Gasteiger partial charge on any atom is -0.481 e. The molecule has 0 aliphatic heterocycles. The number of carboxylic acid groups (broad SMARTS) is 1. The first-order chi connectivity index (χ1) is 8.08. The summed E-state index contributed by atoms with van der Waals surface area (Å²) < 4.78 is 1.69. The zero-order valence-electron chi connectivity index (χ0n) is 10.1. The van der Waals surface area contributed by atoms with Gasteiger partial charge in [0.05, 0.1) is 19.0 Å². The van der Waals surface area contributed by atoms with Gasteiger partial charge in [0.25, 0.3) is 0 Å². The van der Waals surface area contributed by atoms with Crippen molar-refractivity contribution in [1.82, 2.24) is 25.1 Å². The summed E-state index contributed by atoms with van der Waals surface area (Å²) in [5, 5.41) is 20.5. The van der Waals surface area contributed by atoms with Gasteiger partial charge in [-0.25, -0.2) is 4.68 Å². The summed E-state index contributed by atoms with van der Waals surface area (Å²) in [6, 6.07) is -0.0996. The van der Waals surface area contributed by atoms with E-state index in [1.165, 1.54) is 0 Å². The van der Waals surface area contributed by atoms with Crippen LogP contribution in [-0.2, 0) is 11.3 Å². The third-order valence-corrected chi connectivity index (χ3v) is 2.88. The molecule has 1 aromatic heterocycles. The van der Waals surface area contributed by atoms with E-state index in [2.05, 4.69) is 15.5 Å². The Hall–Kier alpha value is -1.50. The molecule has 1 unspecified atom stereocenters. The van der Waals surface area contributed by atoms with E-state index in [0.29, 0.717) is 12.5 Å². The summed E-state index contributed by atoms with van der Waals surface area (Å²) in [6.45, 7) is 0.621. The summed E-state index contributed by atoms with van der Waals surface area (Å²) in [7, 11) is 3.87. The molecule has 1 N–H and O–H groups in total. The molecule has 0 saturated heterocycles. The average Bonchev–Trinajstić information content (AvgIpc) is 2.96. The van der Waals surface area contributed by atoms with Crippen molar-refractivity contribution in [3.05, 3.63) is 5.82 Å². The number of tetrazole rings is 1. The Morgan fingerprint density at radius 1 is 1.59 bits per heavy atom. The lowest BCUT2D eigenvalue weighted by molar-refractivity contribution is -0.138. The largest absolute Gasteiger partial charge is 0.481 e. The Bertz CT molecular complexity index is 399. The van der Waals surface area contributed by atoms with Crippen molar-refractivity contribution in [3.63, 3.8) is 0 Å². The van der Waals surface area contributed by atoms with Gasteiger partial charge in [-0.1, -0.05) is 0 Å². The fraction of sp³-hybridized carbons (Fsp3) is 0.800. The smallest absolute Gasteiger partial charge is 0.305 e. The number of aliphatic carboxylic acids is 1. The molecule has 1 atom stereocenters. The lowest BCUT2D eigenvalue weighted by atomic mass is 10.1. The molecule has 0 amide bonds. The van der Waals surface area contributed by atoms with Gasteiger partial charge in [-0.05, 0) is 43.3 Å². The van der Waals surface area contributed by atoms with Crippen molar-refractivity contribution in [2.24, 2.45) is 5.92 Å². The first-order valence-corrected chi connectivity index (χ1v) is 5.71. The van der Waals surface area contributed by atoms with E-state index in [1.807, 2.05) is 19.0 Å². The third-order valence-electron chi connectivity index (χ3n) is 2.88. The molecule has 0 aromatic carbocycles. The highest BCUT2D eigenvalue weighted by Crippen LogP contribution is 2.41. The van der Waals surface area contributed by atoms with Gasteiger partial charge in [-0.15, -0.1) is 5.10 Å². The van der Waals surface area contributed by atoms with Gasteiger partial charge in [0.15, 0.2) is 5.82 Å². The molecular formula is C10H17N5O2. The summed E-state index contributed by atoms with van der Waals surface area (Å²) in [6.07, 6.45) is 2.23. The third kappa shape index (κ3) is 3.00. The van der Waals surface area contributed by atoms with Crippen LogP contribution in [0.1, 0.15) is 31.1 Å². The van der Waals surface area contributed by atoms with Gasteiger partial charge in [0, 0.05) is 0 Å². The number of rotatable bonds is 6. The molecule has 1 aliphatic rings. The average molecular weight is 239 g/mol. The molecular weight excluding hydrogens is 222 g/mol. The predicted octanol–water partition coefficient (Wildman–Crippen LogP) is 0.160. The second kappa shape index (κ2) is 4.79. The molecule has 2 rings (SSSR count). The Labute approximate surface area is 99.4 Å². The van der Waals surface area contributed by atoms with Crippen LogP contribution >= 0.6 is 0 Å². The summed E-state index contributed by atoms with van der Waals surface area (Å²) in [5.41, 5.74) is 0. The summed E-state index contributed by atoms with van der Waals surface area (Å²) in [4.78, 5) is 12.8. The zero-order valence-corrected chi connectivity index (χ0v) is 10.1. The molecule has 7 heteroatoms. The Kier molecular flexibility index (Phi) is 3.37. The highest BCUT2D eigenvalue weighted by Gasteiger charge is 2.36. The van der Waals surface area contributed by atoms with Crippen molar-refractivity contribution < 1.29 is 9.90 Å². The summed E-state index contributed by atoms with van der Waals surface area (Å²) >= 11 is 0. The first-order valence-electron chi connectivity index (χ1n) is 5.71. The van der Waals surface area contributed by atoms with Crippen LogP contribution in [0.5, 0.6) is 0 Å². The van der Waals surface area contributed by atoms with E-state index in [-0.39, 0.29) is 12.5 Å². The van der Waals surface area contributed by atoms with Crippen LogP contribution in [0, 0.1) is 5.92 Å². The second-order valence-electron chi connectivity index (χ2n) is 4.78. The maximum atomic E-state index is 10.9. The van der Waals surface area contributed by atoms with E-state index < -0.39 is 5.97 Å². The van der Waals surface area contributed by atoms with Crippen molar-refractivity contribution >= 4 is 5.97 Å². The standard InChI is InChI=1S/C10H17N5O2/c1-14(2)6-9-11-12-13-15(9)8(5-10(16)17)7-3-4-7/h7-8H,3-6H2,1-2H3,(H,16,17). The zero-order chi connectivity index (χ0) is 12.4. The topological polar surface area (TPSA) is 84.1 Å². The molecule has 1 heterocycles. The monoisotopic (exact) mass is 239 g/mol. The molecule has 1 aromatic rings. The fourth-order valence-corrected chi connectivity index (χ4v) is 1.97. The van der Waals surface area contributed by atoms with Gasteiger partial charge in [0.1, 0.15) is 0 Å². The van der Waals surface area contributed by atoms with Crippen molar-refractivity contribution in [1.29, 1.82) is 0 Å². The van der Waals surface area contributed by atoms with Gasteiger partial charge in [-0.2, -0.15) is 0 Å². The highest BCUT2D eigenvalue weighted by atomic mass is 16.4. The normalized spacial score (nSPS) is 17.4. The predicted molar refractivity (Wildman–Crippen MR) is 59.2 cm³/mol. The maximum Gasteiger partial charge on any atom is 0.305 e. The number of carboxylic acids is 1. The van der Waals surface area contributed by atoms with Crippen LogP contribution in [0.15, 0.2) is 0 Å². The second-order valence-corrected chi connectivity index (χ2v) is 4.78. The van der Waals surface area contributed by atoms with Crippen LogP contribution in [0.4, 0.5) is 0 Å². The first kappa shape index (κ1) is 12.0.